The second-order valence-corrected chi connectivity index (χ2v) is 2.90. The number of allylic oxidation sites excluding steroid dienone is 1. The SMILES string of the molecule is COC(=O)OC(/C=C/C=O)C1CC1. The molecule has 72 valence electrons. The number of rotatable bonds is 4. The minimum absolute atomic E-state index is 0.308. The van der Waals surface area contributed by atoms with Gasteiger partial charge in [-0.15, -0.1) is 0 Å². The Bertz CT molecular complexity index is 218. The zero-order valence-electron chi connectivity index (χ0n) is 7.43. The first-order chi connectivity index (χ1) is 6.27. The van der Waals surface area contributed by atoms with Crippen LogP contribution in [0.4, 0.5) is 4.79 Å². The molecule has 1 fully saturated rings. The summed E-state index contributed by atoms with van der Waals surface area (Å²) in [6.45, 7) is 0. The molecule has 0 heterocycles. The van der Waals surface area contributed by atoms with Crippen molar-refractivity contribution in [3.63, 3.8) is 0 Å². The summed E-state index contributed by atoms with van der Waals surface area (Å²) in [6, 6.07) is 0. The molecule has 0 aromatic rings. The van der Waals surface area contributed by atoms with Gasteiger partial charge >= 0.3 is 6.16 Å². The van der Waals surface area contributed by atoms with Crippen molar-refractivity contribution in [1.29, 1.82) is 0 Å². The highest BCUT2D eigenvalue weighted by molar-refractivity contribution is 5.65. The summed E-state index contributed by atoms with van der Waals surface area (Å²) in [5.74, 6) is 0.357. The fourth-order valence-electron chi connectivity index (χ4n) is 1.03. The number of hydrogen-bond donors (Lipinski definition) is 0. The van der Waals surface area contributed by atoms with Gasteiger partial charge in [0.2, 0.25) is 0 Å². The van der Waals surface area contributed by atoms with Crippen LogP contribution in [0.1, 0.15) is 12.8 Å². The van der Waals surface area contributed by atoms with Gasteiger partial charge in [0, 0.05) is 0 Å². The molecule has 0 bridgehead atoms. The maximum atomic E-state index is 10.8. The minimum Gasteiger partial charge on any atom is -0.438 e. The highest BCUT2D eigenvalue weighted by Crippen LogP contribution is 2.35. The number of hydrogen-bond acceptors (Lipinski definition) is 4. The topological polar surface area (TPSA) is 52.6 Å². The molecule has 4 nitrogen and oxygen atoms in total. The molecular formula is C9H12O4. The van der Waals surface area contributed by atoms with Crippen LogP contribution >= 0.6 is 0 Å². The normalized spacial score (nSPS) is 18.2. The number of ether oxygens (including phenoxy) is 2. The van der Waals surface area contributed by atoms with E-state index >= 15 is 0 Å². The average molecular weight is 184 g/mol. The van der Waals surface area contributed by atoms with Crippen LogP contribution in [0, 0.1) is 5.92 Å². The molecule has 13 heavy (non-hydrogen) atoms. The van der Waals surface area contributed by atoms with Crippen molar-refractivity contribution in [3.05, 3.63) is 12.2 Å². The van der Waals surface area contributed by atoms with E-state index in [2.05, 4.69) is 4.74 Å². The van der Waals surface area contributed by atoms with Gasteiger partial charge in [0.25, 0.3) is 0 Å². The summed E-state index contributed by atoms with van der Waals surface area (Å²) < 4.78 is 9.27. The monoisotopic (exact) mass is 184 g/mol. The van der Waals surface area contributed by atoms with E-state index in [1.807, 2.05) is 0 Å². The van der Waals surface area contributed by atoms with Crippen molar-refractivity contribution < 1.29 is 19.1 Å². The summed E-state index contributed by atoms with van der Waals surface area (Å²) >= 11 is 0. The van der Waals surface area contributed by atoms with Gasteiger partial charge in [0.1, 0.15) is 12.4 Å². The second-order valence-electron chi connectivity index (χ2n) is 2.90. The predicted molar refractivity (Wildman–Crippen MR) is 45.2 cm³/mol. The number of aldehydes is 1. The van der Waals surface area contributed by atoms with Crippen LogP contribution in [0.25, 0.3) is 0 Å². The quantitative estimate of drug-likeness (QED) is 0.375. The lowest BCUT2D eigenvalue weighted by molar-refractivity contribution is -0.104. The molecule has 0 amide bonds. The van der Waals surface area contributed by atoms with Gasteiger partial charge in [-0.25, -0.2) is 4.79 Å². The lowest BCUT2D eigenvalue weighted by Crippen LogP contribution is -2.17. The van der Waals surface area contributed by atoms with Crippen molar-refractivity contribution >= 4 is 12.4 Å². The molecule has 1 rings (SSSR count). The Balaban J connectivity index is 2.42. The first-order valence-electron chi connectivity index (χ1n) is 4.14. The van der Waals surface area contributed by atoms with Crippen LogP contribution in [0.5, 0.6) is 0 Å². The number of carbonyl (C=O) groups excluding carboxylic acids is 2. The van der Waals surface area contributed by atoms with Gasteiger partial charge in [-0.2, -0.15) is 0 Å². The van der Waals surface area contributed by atoms with E-state index in [1.54, 1.807) is 6.08 Å². The lowest BCUT2D eigenvalue weighted by atomic mass is 10.2. The van der Waals surface area contributed by atoms with Gasteiger partial charge in [-0.05, 0) is 30.9 Å². The molecule has 0 N–H and O–H groups in total. The average Bonchev–Trinajstić information content (AvgIpc) is 2.94. The molecule has 0 aromatic heterocycles. The van der Waals surface area contributed by atoms with Crippen LogP contribution in [0.15, 0.2) is 12.2 Å². The molecule has 0 saturated heterocycles. The zero-order chi connectivity index (χ0) is 9.68. The fourth-order valence-corrected chi connectivity index (χ4v) is 1.03. The third kappa shape index (κ3) is 3.27. The van der Waals surface area contributed by atoms with Crippen LogP contribution in [-0.2, 0) is 14.3 Å². The molecule has 1 saturated carbocycles. The van der Waals surface area contributed by atoms with Crippen molar-refractivity contribution in [2.75, 3.05) is 7.11 Å². The van der Waals surface area contributed by atoms with E-state index < -0.39 is 6.16 Å². The molecule has 1 atom stereocenters. The summed E-state index contributed by atoms with van der Waals surface area (Å²) in [5, 5.41) is 0. The molecule has 1 aliphatic rings. The first-order valence-corrected chi connectivity index (χ1v) is 4.14. The standard InChI is InChI=1S/C9H12O4/c1-12-9(11)13-8(3-2-6-10)7-4-5-7/h2-3,6-8H,4-5H2,1H3/b3-2+. The van der Waals surface area contributed by atoms with Crippen LogP contribution in [0.2, 0.25) is 0 Å². The highest BCUT2D eigenvalue weighted by atomic mass is 16.7. The summed E-state index contributed by atoms with van der Waals surface area (Å²) in [6.07, 6.45) is 4.64. The Kier molecular flexibility index (Phi) is 3.49. The summed E-state index contributed by atoms with van der Waals surface area (Å²) in [7, 11) is 1.26. The molecule has 0 aromatic carbocycles. The summed E-state index contributed by atoms with van der Waals surface area (Å²) in [5.41, 5.74) is 0. The van der Waals surface area contributed by atoms with E-state index in [1.165, 1.54) is 13.2 Å². The number of methoxy groups -OCH3 is 1. The molecule has 1 unspecified atom stereocenters. The van der Waals surface area contributed by atoms with Crippen LogP contribution in [-0.4, -0.2) is 25.7 Å². The molecule has 0 radical (unpaired) electrons. The van der Waals surface area contributed by atoms with Crippen molar-refractivity contribution in [2.24, 2.45) is 5.92 Å². The van der Waals surface area contributed by atoms with E-state index in [4.69, 9.17) is 4.74 Å². The molecule has 0 spiro atoms. The van der Waals surface area contributed by atoms with Crippen LogP contribution in [0.3, 0.4) is 0 Å². The maximum absolute atomic E-state index is 10.8. The van der Waals surface area contributed by atoms with Crippen molar-refractivity contribution in [3.8, 4) is 0 Å². The Morgan fingerprint density at radius 1 is 1.54 bits per heavy atom. The fraction of sp³-hybridized carbons (Fsp3) is 0.556. The van der Waals surface area contributed by atoms with Crippen molar-refractivity contribution in [1.82, 2.24) is 0 Å². The van der Waals surface area contributed by atoms with Crippen molar-refractivity contribution in [2.45, 2.75) is 18.9 Å². The molecule has 0 aliphatic heterocycles. The van der Waals surface area contributed by atoms with Gasteiger partial charge in [0.15, 0.2) is 0 Å². The molecule has 4 heteroatoms. The Morgan fingerprint density at radius 3 is 2.69 bits per heavy atom. The Morgan fingerprint density at radius 2 is 2.23 bits per heavy atom. The molecule has 1 aliphatic carbocycles. The van der Waals surface area contributed by atoms with E-state index in [0.29, 0.717) is 12.2 Å². The van der Waals surface area contributed by atoms with Crippen LogP contribution < -0.4 is 0 Å². The third-order valence-electron chi connectivity index (χ3n) is 1.86. The van der Waals surface area contributed by atoms with Gasteiger partial charge in [0.05, 0.1) is 7.11 Å². The van der Waals surface area contributed by atoms with Gasteiger partial charge in [-0.1, -0.05) is 0 Å². The predicted octanol–water partition coefficient (Wildman–Crippen LogP) is 1.30. The Labute approximate surface area is 76.5 Å². The zero-order valence-corrected chi connectivity index (χ0v) is 7.43. The highest BCUT2D eigenvalue weighted by Gasteiger charge is 2.32. The number of carbonyl (C=O) groups is 2. The van der Waals surface area contributed by atoms with E-state index in [9.17, 15) is 9.59 Å². The van der Waals surface area contributed by atoms with E-state index in [-0.39, 0.29) is 6.10 Å². The third-order valence-corrected chi connectivity index (χ3v) is 1.86. The maximum Gasteiger partial charge on any atom is 0.508 e. The molecular weight excluding hydrogens is 172 g/mol. The van der Waals surface area contributed by atoms with Gasteiger partial charge < -0.3 is 9.47 Å². The first kappa shape index (κ1) is 9.77. The minimum atomic E-state index is -0.701. The van der Waals surface area contributed by atoms with E-state index in [0.717, 1.165) is 12.8 Å². The smallest absolute Gasteiger partial charge is 0.438 e. The Hall–Kier alpha value is -1.32. The second kappa shape index (κ2) is 4.64. The lowest BCUT2D eigenvalue weighted by Gasteiger charge is -2.11. The largest absolute Gasteiger partial charge is 0.508 e. The van der Waals surface area contributed by atoms with Gasteiger partial charge in [-0.3, -0.25) is 4.79 Å². The summed E-state index contributed by atoms with van der Waals surface area (Å²) in [4.78, 5) is 20.8.